The summed E-state index contributed by atoms with van der Waals surface area (Å²) in [5.74, 6) is -0.399. The quantitative estimate of drug-likeness (QED) is 0.504. The van der Waals surface area contributed by atoms with Crippen LogP contribution in [0.1, 0.15) is 21.5 Å². The van der Waals surface area contributed by atoms with Crippen molar-refractivity contribution in [1.82, 2.24) is 9.21 Å². The minimum atomic E-state index is -3.85. The second-order valence-electron chi connectivity index (χ2n) is 8.62. The fraction of sp³-hybridized carbons (Fsp3) is 0.240. The standard InChI is InChI=1S/C25H26ClN3O5S2/c1-18-3-8-21(9-4-18)35(31,32)27-20-7-12-24(26)23(17-20)25(30)28-13-15-29(16-14-28)36(33,34)22-10-5-19(2)6-11-22/h3-12,17,27H,13-16H2,1-2H3. The number of nitrogens with zero attached hydrogens (tertiary/aromatic N) is 2. The van der Waals surface area contributed by atoms with Crippen LogP contribution in [-0.2, 0) is 20.0 Å². The average molecular weight is 548 g/mol. The molecule has 0 bridgehead atoms. The fourth-order valence-corrected chi connectivity index (χ4v) is 6.52. The number of benzene rings is 3. The van der Waals surface area contributed by atoms with E-state index in [9.17, 15) is 21.6 Å². The molecule has 1 fully saturated rings. The van der Waals surface area contributed by atoms with Gasteiger partial charge in [-0.2, -0.15) is 4.31 Å². The minimum Gasteiger partial charge on any atom is -0.336 e. The van der Waals surface area contributed by atoms with Gasteiger partial charge in [-0.3, -0.25) is 9.52 Å². The predicted molar refractivity (Wildman–Crippen MR) is 139 cm³/mol. The van der Waals surface area contributed by atoms with Gasteiger partial charge in [0.1, 0.15) is 0 Å². The highest BCUT2D eigenvalue weighted by Gasteiger charge is 2.31. The number of nitrogens with one attached hydrogen (secondary N) is 1. The smallest absolute Gasteiger partial charge is 0.261 e. The molecule has 0 aromatic heterocycles. The number of halogens is 1. The summed E-state index contributed by atoms with van der Waals surface area (Å²) >= 11 is 6.28. The molecule has 4 rings (SSSR count). The first-order chi connectivity index (χ1) is 17.0. The number of rotatable bonds is 6. The van der Waals surface area contributed by atoms with Crippen LogP contribution in [0, 0.1) is 13.8 Å². The van der Waals surface area contributed by atoms with Crippen molar-refractivity contribution in [1.29, 1.82) is 0 Å². The lowest BCUT2D eigenvalue weighted by Gasteiger charge is -2.34. The maximum absolute atomic E-state index is 13.2. The molecule has 0 radical (unpaired) electrons. The number of piperazine rings is 1. The summed E-state index contributed by atoms with van der Waals surface area (Å²) in [4.78, 5) is 15.0. The molecule has 8 nitrogen and oxygen atoms in total. The number of hydrogen-bond donors (Lipinski definition) is 1. The van der Waals surface area contributed by atoms with E-state index in [4.69, 9.17) is 11.6 Å². The van der Waals surface area contributed by atoms with E-state index in [-0.39, 0.29) is 52.2 Å². The van der Waals surface area contributed by atoms with Gasteiger partial charge in [-0.15, -0.1) is 0 Å². The molecule has 1 N–H and O–H groups in total. The summed E-state index contributed by atoms with van der Waals surface area (Å²) in [7, 11) is -7.52. The number of anilines is 1. The van der Waals surface area contributed by atoms with Crippen LogP contribution in [0.3, 0.4) is 0 Å². The van der Waals surface area contributed by atoms with Crippen LogP contribution in [-0.4, -0.2) is 58.1 Å². The van der Waals surface area contributed by atoms with Crippen LogP contribution in [0.5, 0.6) is 0 Å². The first-order valence-electron chi connectivity index (χ1n) is 11.2. The number of sulfonamides is 2. The largest absolute Gasteiger partial charge is 0.336 e. The van der Waals surface area contributed by atoms with Crippen LogP contribution in [0.2, 0.25) is 5.02 Å². The molecule has 3 aromatic rings. The van der Waals surface area contributed by atoms with Crippen LogP contribution in [0.15, 0.2) is 76.5 Å². The fourth-order valence-electron chi connectivity index (χ4n) is 3.85. The topological polar surface area (TPSA) is 104 Å². The van der Waals surface area contributed by atoms with Gasteiger partial charge in [0.25, 0.3) is 15.9 Å². The normalized spacial score (nSPS) is 15.0. The Bertz CT molecular complexity index is 1480. The van der Waals surface area contributed by atoms with E-state index >= 15 is 0 Å². The summed E-state index contributed by atoms with van der Waals surface area (Å²) < 4.78 is 55.2. The second kappa shape index (κ2) is 10.2. The van der Waals surface area contributed by atoms with Crippen molar-refractivity contribution in [2.24, 2.45) is 0 Å². The summed E-state index contributed by atoms with van der Waals surface area (Å²) in [5.41, 5.74) is 2.23. The Hall–Kier alpha value is -2.92. The minimum absolute atomic E-state index is 0.0989. The summed E-state index contributed by atoms with van der Waals surface area (Å²) in [6.45, 7) is 4.38. The third kappa shape index (κ3) is 5.57. The zero-order valence-electron chi connectivity index (χ0n) is 19.8. The van der Waals surface area contributed by atoms with Crippen molar-refractivity contribution < 1.29 is 21.6 Å². The molecule has 1 aliphatic rings. The molecule has 3 aromatic carbocycles. The Morgan fingerprint density at radius 2 is 1.31 bits per heavy atom. The lowest BCUT2D eigenvalue weighted by molar-refractivity contribution is 0.0698. The molecule has 1 amide bonds. The number of carbonyl (C=O) groups is 1. The highest BCUT2D eigenvalue weighted by atomic mass is 35.5. The van der Waals surface area contributed by atoms with Gasteiger partial charge in [-0.1, -0.05) is 47.0 Å². The molecule has 1 saturated heterocycles. The molecule has 1 aliphatic heterocycles. The maximum atomic E-state index is 13.2. The first kappa shape index (κ1) is 26.2. The van der Waals surface area contributed by atoms with Gasteiger partial charge in [0.05, 0.1) is 20.4 Å². The number of carbonyl (C=O) groups excluding carboxylic acids is 1. The van der Waals surface area contributed by atoms with Gasteiger partial charge in [-0.25, -0.2) is 16.8 Å². The number of hydrogen-bond acceptors (Lipinski definition) is 5. The molecule has 1 heterocycles. The van der Waals surface area contributed by atoms with E-state index in [0.717, 1.165) is 11.1 Å². The zero-order chi connectivity index (χ0) is 26.1. The van der Waals surface area contributed by atoms with Gasteiger partial charge < -0.3 is 4.90 Å². The number of amides is 1. The molecule has 36 heavy (non-hydrogen) atoms. The molecular formula is C25H26ClN3O5S2. The molecule has 190 valence electrons. The monoisotopic (exact) mass is 547 g/mol. The molecule has 0 saturated carbocycles. The highest BCUT2D eigenvalue weighted by Crippen LogP contribution is 2.26. The van der Waals surface area contributed by atoms with Gasteiger partial charge in [0.2, 0.25) is 10.0 Å². The molecular weight excluding hydrogens is 522 g/mol. The summed E-state index contributed by atoms with van der Waals surface area (Å²) in [6.07, 6.45) is 0. The zero-order valence-corrected chi connectivity index (χ0v) is 22.2. The molecule has 0 unspecified atom stereocenters. The first-order valence-corrected chi connectivity index (χ1v) is 14.5. The van der Waals surface area contributed by atoms with E-state index in [2.05, 4.69) is 4.72 Å². The van der Waals surface area contributed by atoms with Crippen LogP contribution >= 0.6 is 11.6 Å². The Morgan fingerprint density at radius 3 is 1.86 bits per heavy atom. The summed E-state index contributed by atoms with van der Waals surface area (Å²) in [5, 5.41) is 0.174. The second-order valence-corrected chi connectivity index (χ2v) is 12.7. The van der Waals surface area contributed by atoms with E-state index < -0.39 is 26.0 Å². The van der Waals surface area contributed by atoms with Gasteiger partial charge >= 0.3 is 0 Å². The summed E-state index contributed by atoms with van der Waals surface area (Å²) in [6, 6.07) is 17.4. The van der Waals surface area contributed by atoms with Gasteiger partial charge in [-0.05, 0) is 56.3 Å². The maximum Gasteiger partial charge on any atom is 0.261 e. The van der Waals surface area contributed by atoms with Crippen molar-refractivity contribution in [2.45, 2.75) is 23.6 Å². The van der Waals surface area contributed by atoms with E-state index in [0.29, 0.717) is 0 Å². The molecule has 0 spiro atoms. The predicted octanol–water partition coefficient (Wildman–Crippen LogP) is 3.90. The molecule has 0 atom stereocenters. The van der Waals surface area contributed by atoms with E-state index in [1.807, 2.05) is 13.8 Å². The average Bonchev–Trinajstić information content (AvgIpc) is 2.85. The highest BCUT2D eigenvalue weighted by molar-refractivity contribution is 7.92. The van der Waals surface area contributed by atoms with E-state index in [1.54, 1.807) is 36.4 Å². The van der Waals surface area contributed by atoms with Crippen molar-refractivity contribution in [3.63, 3.8) is 0 Å². The van der Waals surface area contributed by atoms with Gasteiger partial charge in [0.15, 0.2) is 0 Å². The third-order valence-electron chi connectivity index (χ3n) is 5.96. The third-order valence-corrected chi connectivity index (χ3v) is 9.60. The Balaban J connectivity index is 1.47. The van der Waals surface area contributed by atoms with Crippen molar-refractivity contribution in [3.05, 3.63) is 88.4 Å². The van der Waals surface area contributed by atoms with Crippen LogP contribution < -0.4 is 4.72 Å². The SMILES string of the molecule is Cc1ccc(S(=O)(=O)Nc2ccc(Cl)c(C(=O)N3CCN(S(=O)(=O)c4ccc(C)cc4)CC3)c2)cc1. The van der Waals surface area contributed by atoms with Gasteiger partial charge in [0, 0.05) is 31.9 Å². The van der Waals surface area contributed by atoms with Crippen LogP contribution in [0.4, 0.5) is 5.69 Å². The lowest BCUT2D eigenvalue weighted by Crippen LogP contribution is -2.50. The lowest BCUT2D eigenvalue weighted by atomic mass is 10.1. The Morgan fingerprint density at radius 1 is 0.778 bits per heavy atom. The van der Waals surface area contributed by atoms with Crippen molar-refractivity contribution in [2.75, 3.05) is 30.9 Å². The van der Waals surface area contributed by atoms with Crippen LogP contribution in [0.25, 0.3) is 0 Å². The molecule has 0 aliphatic carbocycles. The van der Waals surface area contributed by atoms with Crippen molar-refractivity contribution >= 4 is 43.2 Å². The Kier molecular flexibility index (Phi) is 7.42. The molecule has 11 heteroatoms. The number of aryl methyl sites for hydroxylation is 2. The van der Waals surface area contributed by atoms with Crippen molar-refractivity contribution in [3.8, 4) is 0 Å². The van der Waals surface area contributed by atoms with E-state index in [1.165, 1.54) is 39.5 Å². The Labute approximate surface area is 216 Å².